The van der Waals surface area contributed by atoms with E-state index in [4.69, 9.17) is 10.5 Å². The lowest BCUT2D eigenvalue weighted by Gasteiger charge is -2.06. The summed E-state index contributed by atoms with van der Waals surface area (Å²) in [6.45, 7) is -0.546. The van der Waals surface area contributed by atoms with E-state index >= 15 is 0 Å². The summed E-state index contributed by atoms with van der Waals surface area (Å²) >= 11 is 1.97. The van der Waals surface area contributed by atoms with E-state index in [1.54, 1.807) is 12.3 Å². The fourth-order valence-electron chi connectivity index (χ4n) is 2.03. The number of carbonyl (C=O) groups excluding carboxylic acids is 1. The van der Waals surface area contributed by atoms with Gasteiger partial charge in [-0.1, -0.05) is 12.1 Å². The molecule has 0 aliphatic carbocycles. The first-order chi connectivity index (χ1) is 14.4. The highest BCUT2D eigenvalue weighted by atomic mass is 32.2. The van der Waals surface area contributed by atoms with Gasteiger partial charge in [0.15, 0.2) is 20.7 Å². The molecule has 2 aromatic rings. The maximum atomic E-state index is 12.9. The lowest BCUT2D eigenvalue weighted by molar-refractivity contribution is -0.139. The fourth-order valence-corrected chi connectivity index (χ4v) is 3.61. The van der Waals surface area contributed by atoms with Gasteiger partial charge in [-0.25, -0.2) is 13.4 Å². The molecule has 0 aliphatic rings. The van der Waals surface area contributed by atoms with Gasteiger partial charge in [-0.3, -0.25) is 9.79 Å². The highest BCUT2D eigenvalue weighted by Gasteiger charge is 2.32. The third kappa shape index (κ3) is 7.33. The summed E-state index contributed by atoms with van der Waals surface area (Å²) in [5.41, 5.74) is 3.69. The Hall–Kier alpha value is -2.45. The number of halogens is 3. The number of carbonyl (C=O) groups is 1. The predicted molar refractivity (Wildman–Crippen MR) is 113 cm³/mol. The molecule has 0 aliphatic heterocycles. The van der Waals surface area contributed by atoms with Crippen molar-refractivity contribution in [1.82, 2.24) is 9.36 Å². The van der Waals surface area contributed by atoms with Gasteiger partial charge in [-0.05, 0) is 36.0 Å². The molecule has 168 valence electrons. The molecule has 0 amide bonds. The molecular formula is C17H17F3N4O4S3. The van der Waals surface area contributed by atoms with Crippen molar-refractivity contribution < 1.29 is 31.1 Å². The molecule has 0 bridgehead atoms. The molecule has 0 saturated carbocycles. The van der Waals surface area contributed by atoms with E-state index in [0.29, 0.717) is 11.6 Å². The molecule has 14 heteroatoms. The second-order valence-corrected chi connectivity index (χ2v) is 9.53. The van der Waals surface area contributed by atoms with E-state index in [9.17, 15) is 26.4 Å². The van der Waals surface area contributed by atoms with E-state index < -0.39 is 34.2 Å². The third-order valence-corrected chi connectivity index (χ3v) is 5.70. The Morgan fingerprint density at radius 1 is 1.39 bits per heavy atom. The molecule has 31 heavy (non-hydrogen) atoms. The topological polar surface area (TPSA) is 125 Å². The summed E-state index contributed by atoms with van der Waals surface area (Å²) in [6, 6.07) is 5.78. The number of esters is 1. The molecule has 0 saturated heterocycles. The predicted octanol–water partition coefficient (Wildman–Crippen LogP) is 2.67. The normalized spacial score (nSPS) is 13.3. The highest BCUT2D eigenvalue weighted by molar-refractivity contribution is 7.98. The smallest absolute Gasteiger partial charge is 0.430 e. The minimum Gasteiger partial charge on any atom is -0.453 e. The number of aliphatic imine (C=N–C) groups is 1. The number of nitrogens with two attached hydrogens (primary N) is 1. The first kappa shape index (κ1) is 24.8. The van der Waals surface area contributed by atoms with Gasteiger partial charge in [0.05, 0.1) is 10.6 Å². The van der Waals surface area contributed by atoms with Crippen molar-refractivity contribution in [3.8, 4) is 11.4 Å². The first-order valence-electron chi connectivity index (χ1n) is 8.29. The highest BCUT2D eigenvalue weighted by Crippen LogP contribution is 2.24. The number of ether oxygens (including phenoxy) is 1. The van der Waals surface area contributed by atoms with Crippen LogP contribution in [0.2, 0.25) is 0 Å². The molecule has 2 N–H and O–H groups in total. The van der Waals surface area contributed by atoms with Gasteiger partial charge in [-0.15, -0.1) is 11.8 Å². The Kier molecular flexibility index (Phi) is 8.20. The maximum Gasteiger partial charge on any atom is 0.430 e. The summed E-state index contributed by atoms with van der Waals surface area (Å²) < 4.78 is 71.0. The maximum absolute atomic E-state index is 12.9. The molecule has 0 fully saturated rings. The summed E-state index contributed by atoms with van der Waals surface area (Å²) in [5, 5.41) is -0.0374. The van der Waals surface area contributed by atoms with Gasteiger partial charge in [0, 0.05) is 11.8 Å². The van der Waals surface area contributed by atoms with Crippen LogP contribution in [0.5, 0.6) is 0 Å². The third-order valence-electron chi connectivity index (χ3n) is 3.50. The van der Waals surface area contributed by atoms with E-state index in [1.165, 1.54) is 30.0 Å². The number of allylic oxidation sites excluding steroid dienone is 2. The number of thioether (sulfide) groups is 1. The molecule has 1 aromatic heterocycles. The Labute approximate surface area is 184 Å². The summed E-state index contributed by atoms with van der Waals surface area (Å²) in [7, 11) is -3.48. The number of sulfone groups is 1. The minimum atomic E-state index is -4.81. The van der Waals surface area contributed by atoms with E-state index in [-0.39, 0.29) is 27.4 Å². The van der Waals surface area contributed by atoms with E-state index in [2.05, 4.69) is 14.3 Å². The quantitative estimate of drug-likeness (QED) is 0.337. The SMILES string of the molecule is CSCOC(=O)CN=C(/C=C(\N)C(F)(F)F)c1nc(-c2cccc(S(C)(=O)=O)c2)ns1. The van der Waals surface area contributed by atoms with Crippen molar-refractivity contribution in [1.29, 1.82) is 0 Å². The van der Waals surface area contributed by atoms with Crippen molar-refractivity contribution in [2.24, 2.45) is 10.7 Å². The van der Waals surface area contributed by atoms with Gasteiger partial charge >= 0.3 is 12.1 Å². The average Bonchev–Trinajstić information content (AvgIpc) is 3.18. The van der Waals surface area contributed by atoms with Crippen LogP contribution in [0.1, 0.15) is 5.01 Å². The molecular weight excluding hydrogens is 477 g/mol. The van der Waals surface area contributed by atoms with Gasteiger partial charge in [0.2, 0.25) is 0 Å². The molecule has 2 rings (SSSR count). The number of alkyl halides is 3. The van der Waals surface area contributed by atoms with Crippen LogP contribution in [0.4, 0.5) is 13.2 Å². The van der Waals surface area contributed by atoms with Crippen LogP contribution >= 0.6 is 23.3 Å². The standard InChI is InChI=1S/C17H17F3N4O4S3/c1-29-9-28-14(25)8-22-12(7-13(21)17(18,19)20)16-23-15(24-30-16)10-4-3-5-11(6-10)31(2,26)27/h3-7H,8-9,21H2,1-2H3/b13-7-,22-12?. The zero-order valence-electron chi connectivity index (χ0n) is 16.2. The Morgan fingerprint density at radius 2 is 2.10 bits per heavy atom. The Balaban J connectivity index is 2.42. The molecule has 0 radical (unpaired) electrons. The van der Waals surface area contributed by atoms with Crippen LogP contribution in [-0.2, 0) is 19.4 Å². The molecule has 0 atom stereocenters. The minimum absolute atomic E-state index is 0.0352. The lowest BCUT2D eigenvalue weighted by Crippen LogP contribution is -2.21. The largest absolute Gasteiger partial charge is 0.453 e. The summed E-state index contributed by atoms with van der Waals surface area (Å²) in [5.74, 6) is -0.581. The van der Waals surface area contributed by atoms with Crippen molar-refractivity contribution in [2.75, 3.05) is 25.0 Å². The van der Waals surface area contributed by atoms with Crippen LogP contribution in [0, 0.1) is 0 Å². The number of aromatic nitrogens is 2. The molecule has 1 heterocycles. The monoisotopic (exact) mass is 494 g/mol. The number of rotatable bonds is 8. The van der Waals surface area contributed by atoms with E-state index in [1.807, 2.05) is 0 Å². The van der Waals surface area contributed by atoms with Crippen LogP contribution in [0.25, 0.3) is 11.4 Å². The van der Waals surface area contributed by atoms with E-state index in [0.717, 1.165) is 17.8 Å². The van der Waals surface area contributed by atoms with Crippen LogP contribution in [0.15, 0.2) is 45.9 Å². The zero-order valence-corrected chi connectivity index (χ0v) is 18.7. The van der Waals surface area contributed by atoms with Crippen molar-refractivity contribution in [2.45, 2.75) is 11.1 Å². The van der Waals surface area contributed by atoms with Gasteiger partial charge in [0.25, 0.3) is 0 Å². The lowest BCUT2D eigenvalue weighted by atomic mass is 10.2. The number of benzene rings is 1. The molecule has 0 unspecified atom stereocenters. The van der Waals surface area contributed by atoms with Crippen molar-refractivity contribution in [3.05, 3.63) is 41.0 Å². The summed E-state index contributed by atoms with van der Waals surface area (Å²) in [4.78, 5) is 19.7. The van der Waals surface area contributed by atoms with Gasteiger partial charge < -0.3 is 10.5 Å². The Morgan fingerprint density at radius 3 is 2.71 bits per heavy atom. The molecule has 1 aromatic carbocycles. The molecule has 8 nitrogen and oxygen atoms in total. The first-order valence-corrected chi connectivity index (χ1v) is 12.4. The Bertz CT molecular complexity index is 1110. The number of hydrogen-bond acceptors (Lipinski definition) is 10. The fraction of sp³-hybridized carbons (Fsp3) is 0.294. The summed E-state index contributed by atoms with van der Waals surface area (Å²) in [6.07, 6.45) is -1.51. The average molecular weight is 495 g/mol. The molecule has 0 spiro atoms. The number of hydrogen-bond donors (Lipinski definition) is 1. The van der Waals surface area contributed by atoms with Gasteiger partial charge in [-0.2, -0.15) is 17.5 Å². The van der Waals surface area contributed by atoms with Crippen LogP contribution in [0.3, 0.4) is 0 Å². The van der Waals surface area contributed by atoms with Crippen molar-refractivity contribution >= 4 is 44.8 Å². The second kappa shape index (κ2) is 10.2. The van der Waals surface area contributed by atoms with Gasteiger partial charge in [0.1, 0.15) is 18.2 Å². The number of nitrogens with zero attached hydrogens (tertiary/aromatic N) is 3. The van der Waals surface area contributed by atoms with Crippen LogP contribution < -0.4 is 5.73 Å². The second-order valence-electron chi connectivity index (χ2n) is 5.94. The van der Waals surface area contributed by atoms with Crippen LogP contribution in [-0.4, -0.2) is 60.6 Å². The van der Waals surface area contributed by atoms with Crippen molar-refractivity contribution in [3.63, 3.8) is 0 Å². The zero-order chi connectivity index (χ0) is 23.2.